The van der Waals surface area contributed by atoms with Crippen LogP contribution in [0.15, 0.2) is 59.8 Å². The van der Waals surface area contributed by atoms with E-state index in [4.69, 9.17) is 17.0 Å². The molecule has 7 heteroatoms. The SMILES string of the molecule is CCC1=C(C(=O)OC)[C@H](c2cccc(F)c2)NC(=S)N1c1ccc(F)cc1. The van der Waals surface area contributed by atoms with Gasteiger partial charge in [-0.15, -0.1) is 0 Å². The summed E-state index contributed by atoms with van der Waals surface area (Å²) in [4.78, 5) is 14.3. The van der Waals surface area contributed by atoms with Crippen molar-refractivity contribution in [2.45, 2.75) is 19.4 Å². The van der Waals surface area contributed by atoms with Crippen molar-refractivity contribution in [3.05, 3.63) is 77.0 Å². The van der Waals surface area contributed by atoms with Crippen molar-refractivity contribution in [3.63, 3.8) is 0 Å². The molecule has 0 saturated carbocycles. The van der Waals surface area contributed by atoms with Crippen LogP contribution in [0.1, 0.15) is 24.9 Å². The number of benzene rings is 2. The van der Waals surface area contributed by atoms with Crippen molar-refractivity contribution in [1.29, 1.82) is 0 Å². The summed E-state index contributed by atoms with van der Waals surface area (Å²) in [5.74, 6) is -1.32. The molecule has 1 heterocycles. The second-order valence-electron chi connectivity index (χ2n) is 5.95. The number of halogens is 2. The molecule has 0 unspecified atom stereocenters. The third kappa shape index (κ3) is 3.68. The van der Waals surface area contributed by atoms with Crippen LogP contribution in [-0.2, 0) is 9.53 Å². The molecule has 1 N–H and O–H groups in total. The van der Waals surface area contributed by atoms with E-state index >= 15 is 0 Å². The van der Waals surface area contributed by atoms with Crippen molar-refractivity contribution in [3.8, 4) is 0 Å². The van der Waals surface area contributed by atoms with Gasteiger partial charge in [0.05, 0.1) is 18.7 Å². The molecule has 0 fully saturated rings. The zero-order valence-corrected chi connectivity index (χ0v) is 15.6. The van der Waals surface area contributed by atoms with E-state index in [0.29, 0.717) is 34.1 Å². The normalized spacial score (nSPS) is 17.0. The number of allylic oxidation sites excluding steroid dienone is 1. The summed E-state index contributed by atoms with van der Waals surface area (Å²) in [7, 11) is 1.29. The lowest BCUT2D eigenvalue weighted by atomic mass is 9.93. The predicted molar refractivity (Wildman–Crippen MR) is 103 cm³/mol. The Morgan fingerprint density at radius 1 is 1.19 bits per heavy atom. The minimum absolute atomic E-state index is 0.334. The number of hydrogen-bond donors (Lipinski definition) is 1. The lowest BCUT2D eigenvalue weighted by molar-refractivity contribution is -0.136. The molecular weight excluding hydrogens is 370 g/mol. The molecule has 0 aromatic heterocycles. The summed E-state index contributed by atoms with van der Waals surface area (Å²) in [5, 5.41) is 3.42. The molecule has 4 nitrogen and oxygen atoms in total. The van der Waals surface area contributed by atoms with E-state index in [-0.39, 0.29) is 5.82 Å². The molecule has 0 spiro atoms. The van der Waals surface area contributed by atoms with Gasteiger partial charge in [-0.25, -0.2) is 13.6 Å². The van der Waals surface area contributed by atoms with Gasteiger partial charge in [-0.2, -0.15) is 0 Å². The van der Waals surface area contributed by atoms with Crippen molar-refractivity contribution in [2.75, 3.05) is 12.0 Å². The molecule has 140 valence electrons. The Morgan fingerprint density at radius 3 is 2.48 bits per heavy atom. The van der Waals surface area contributed by atoms with Gasteiger partial charge in [-0.05, 0) is 60.6 Å². The van der Waals surface area contributed by atoms with Gasteiger partial charge in [0.15, 0.2) is 5.11 Å². The monoisotopic (exact) mass is 388 g/mol. The molecule has 1 aliphatic heterocycles. The second kappa shape index (κ2) is 7.84. The van der Waals surface area contributed by atoms with Gasteiger partial charge in [0, 0.05) is 11.4 Å². The first-order valence-corrected chi connectivity index (χ1v) is 8.80. The number of rotatable bonds is 4. The van der Waals surface area contributed by atoms with E-state index in [9.17, 15) is 13.6 Å². The third-order valence-corrected chi connectivity index (χ3v) is 4.65. The van der Waals surface area contributed by atoms with Gasteiger partial charge in [0.1, 0.15) is 11.6 Å². The molecule has 27 heavy (non-hydrogen) atoms. The van der Waals surface area contributed by atoms with Crippen molar-refractivity contribution >= 4 is 29.0 Å². The maximum Gasteiger partial charge on any atom is 0.337 e. The van der Waals surface area contributed by atoms with Crippen LogP contribution in [0.25, 0.3) is 0 Å². The third-order valence-electron chi connectivity index (χ3n) is 4.35. The largest absolute Gasteiger partial charge is 0.466 e. The van der Waals surface area contributed by atoms with Crippen LogP contribution in [0.3, 0.4) is 0 Å². The number of esters is 1. The smallest absolute Gasteiger partial charge is 0.337 e. The zero-order chi connectivity index (χ0) is 19.6. The van der Waals surface area contributed by atoms with Crippen LogP contribution in [0.4, 0.5) is 14.5 Å². The average molecular weight is 388 g/mol. The van der Waals surface area contributed by atoms with Crippen molar-refractivity contribution in [1.82, 2.24) is 5.32 Å². The summed E-state index contributed by atoms with van der Waals surface area (Å²) >= 11 is 5.51. The van der Waals surface area contributed by atoms with Crippen LogP contribution in [0.5, 0.6) is 0 Å². The Hall–Kier alpha value is -2.80. The highest BCUT2D eigenvalue weighted by atomic mass is 32.1. The number of hydrogen-bond acceptors (Lipinski definition) is 3. The Kier molecular flexibility index (Phi) is 5.51. The van der Waals surface area contributed by atoms with Crippen molar-refractivity contribution < 1.29 is 18.3 Å². The zero-order valence-electron chi connectivity index (χ0n) is 14.8. The lowest BCUT2D eigenvalue weighted by Crippen LogP contribution is -2.48. The minimum atomic E-state index is -0.646. The van der Waals surface area contributed by atoms with Gasteiger partial charge in [-0.1, -0.05) is 19.1 Å². The maximum atomic E-state index is 13.7. The first-order chi connectivity index (χ1) is 13.0. The van der Waals surface area contributed by atoms with E-state index in [2.05, 4.69) is 5.32 Å². The molecule has 0 radical (unpaired) electrons. The van der Waals surface area contributed by atoms with E-state index < -0.39 is 17.8 Å². The number of anilines is 1. The molecule has 3 rings (SSSR count). The topological polar surface area (TPSA) is 41.6 Å². The van der Waals surface area contributed by atoms with Gasteiger partial charge in [0.25, 0.3) is 0 Å². The van der Waals surface area contributed by atoms with Crippen LogP contribution < -0.4 is 10.2 Å². The lowest BCUT2D eigenvalue weighted by Gasteiger charge is -2.38. The molecule has 0 aliphatic carbocycles. The fraction of sp³-hybridized carbons (Fsp3) is 0.200. The highest BCUT2D eigenvalue weighted by Gasteiger charge is 2.36. The molecule has 0 bridgehead atoms. The van der Waals surface area contributed by atoms with Gasteiger partial charge in [0.2, 0.25) is 0 Å². The summed E-state index contributed by atoms with van der Waals surface area (Å²) in [5.41, 5.74) is 2.13. The molecule has 2 aromatic rings. The maximum absolute atomic E-state index is 13.7. The van der Waals surface area contributed by atoms with E-state index in [1.807, 2.05) is 6.92 Å². The standard InChI is InChI=1S/C20H18F2N2O2S/c1-3-16-17(19(25)26-2)18(12-5-4-6-14(22)11-12)23-20(27)24(16)15-9-7-13(21)8-10-15/h4-11,18H,3H2,1-2H3,(H,23,27)/t18-/m0/s1. The molecule has 0 saturated heterocycles. The van der Waals surface area contributed by atoms with Crippen LogP contribution in [-0.4, -0.2) is 18.2 Å². The minimum Gasteiger partial charge on any atom is -0.466 e. The molecule has 2 aromatic carbocycles. The number of ether oxygens (including phenoxy) is 1. The first-order valence-electron chi connectivity index (χ1n) is 8.39. The average Bonchev–Trinajstić information content (AvgIpc) is 2.67. The number of methoxy groups -OCH3 is 1. The van der Waals surface area contributed by atoms with E-state index in [1.165, 1.54) is 31.4 Å². The Morgan fingerprint density at radius 2 is 1.89 bits per heavy atom. The van der Waals surface area contributed by atoms with E-state index in [1.54, 1.807) is 29.2 Å². The molecular formula is C20H18F2N2O2S. The number of carbonyl (C=O) groups is 1. The summed E-state index contributed by atoms with van der Waals surface area (Å²) in [6, 6.07) is 11.1. The second-order valence-corrected chi connectivity index (χ2v) is 6.34. The molecule has 0 amide bonds. The Bertz CT molecular complexity index is 912. The van der Waals surface area contributed by atoms with Crippen LogP contribution >= 0.6 is 12.2 Å². The first kappa shape index (κ1) is 19.0. The Balaban J connectivity index is 2.18. The fourth-order valence-electron chi connectivity index (χ4n) is 3.16. The summed E-state index contributed by atoms with van der Waals surface area (Å²) in [6.45, 7) is 1.88. The quantitative estimate of drug-likeness (QED) is 0.627. The van der Waals surface area contributed by atoms with Crippen molar-refractivity contribution in [2.24, 2.45) is 0 Å². The summed E-state index contributed by atoms with van der Waals surface area (Å²) < 4.78 is 32.1. The van der Waals surface area contributed by atoms with Crippen LogP contribution in [0, 0.1) is 11.6 Å². The number of carbonyl (C=O) groups excluding carboxylic acids is 1. The number of nitrogens with zero attached hydrogens (tertiary/aromatic N) is 1. The Labute approximate surface area is 161 Å². The highest BCUT2D eigenvalue weighted by Crippen LogP contribution is 2.35. The predicted octanol–water partition coefficient (Wildman–Crippen LogP) is 4.24. The number of nitrogens with one attached hydrogen (secondary N) is 1. The molecule has 1 aliphatic rings. The highest BCUT2D eigenvalue weighted by molar-refractivity contribution is 7.80. The van der Waals surface area contributed by atoms with Gasteiger partial charge in [-0.3, -0.25) is 4.90 Å². The summed E-state index contributed by atoms with van der Waals surface area (Å²) in [6.07, 6.45) is 0.468. The van der Waals surface area contributed by atoms with Crippen LogP contribution in [0.2, 0.25) is 0 Å². The fourth-order valence-corrected chi connectivity index (χ4v) is 3.50. The van der Waals surface area contributed by atoms with Gasteiger partial charge >= 0.3 is 5.97 Å². The number of thiocarbonyl (C=S) groups is 1. The molecule has 1 atom stereocenters. The van der Waals surface area contributed by atoms with E-state index in [0.717, 1.165) is 0 Å². The van der Waals surface area contributed by atoms with Gasteiger partial charge < -0.3 is 10.1 Å².